The summed E-state index contributed by atoms with van der Waals surface area (Å²) >= 11 is 0. The van der Waals surface area contributed by atoms with Crippen molar-refractivity contribution < 1.29 is 33.0 Å². The van der Waals surface area contributed by atoms with Gasteiger partial charge in [0, 0.05) is 23.9 Å². The van der Waals surface area contributed by atoms with Crippen molar-refractivity contribution in [1.29, 1.82) is 0 Å². The van der Waals surface area contributed by atoms with Crippen molar-refractivity contribution in [1.82, 2.24) is 0 Å². The van der Waals surface area contributed by atoms with Crippen LogP contribution in [0.25, 0.3) is 0 Å². The molecule has 1 atom stereocenters. The Kier molecular flexibility index (Phi) is 6.77. The van der Waals surface area contributed by atoms with Gasteiger partial charge in [-0.2, -0.15) is 0 Å². The van der Waals surface area contributed by atoms with Gasteiger partial charge in [-0.05, 0) is 43.3 Å². The molecule has 0 saturated heterocycles. The van der Waals surface area contributed by atoms with Crippen LogP contribution in [0.5, 0.6) is 11.5 Å². The number of carbonyl (C=O) groups excluding carboxylic acids is 3. The van der Waals surface area contributed by atoms with Crippen LogP contribution in [0.4, 0.5) is 15.8 Å². The minimum absolute atomic E-state index is 0.0430. The monoisotopic (exact) mass is 442 g/mol. The first-order valence-corrected chi connectivity index (χ1v) is 9.71. The van der Waals surface area contributed by atoms with Crippen molar-refractivity contribution in [3.05, 3.63) is 59.6 Å². The van der Waals surface area contributed by atoms with Crippen molar-refractivity contribution in [2.24, 2.45) is 5.92 Å². The van der Waals surface area contributed by atoms with E-state index >= 15 is 0 Å². The summed E-state index contributed by atoms with van der Waals surface area (Å²) < 4.78 is 28.7. The number of amides is 2. The van der Waals surface area contributed by atoms with Gasteiger partial charge in [-0.1, -0.05) is 0 Å². The van der Waals surface area contributed by atoms with Gasteiger partial charge in [0.2, 0.25) is 11.8 Å². The van der Waals surface area contributed by atoms with E-state index < -0.39 is 29.5 Å². The van der Waals surface area contributed by atoms with E-state index in [4.69, 9.17) is 14.2 Å². The largest absolute Gasteiger partial charge is 0.497 e. The van der Waals surface area contributed by atoms with Crippen molar-refractivity contribution in [3.63, 3.8) is 0 Å². The van der Waals surface area contributed by atoms with Crippen molar-refractivity contribution in [2.45, 2.75) is 13.3 Å². The number of esters is 1. The van der Waals surface area contributed by atoms with E-state index in [0.29, 0.717) is 22.9 Å². The third-order valence-electron chi connectivity index (χ3n) is 5.17. The zero-order valence-electron chi connectivity index (χ0n) is 18.1. The molecule has 3 rings (SSSR count). The van der Waals surface area contributed by atoms with E-state index in [1.54, 1.807) is 25.1 Å². The topological polar surface area (TPSA) is 94.2 Å². The van der Waals surface area contributed by atoms with E-state index in [1.807, 2.05) is 0 Å². The molecular weight excluding hydrogens is 419 g/mol. The molecule has 0 radical (unpaired) electrons. The molecule has 0 bridgehead atoms. The number of carbonyl (C=O) groups is 3. The van der Waals surface area contributed by atoms with Crippen LogP contribution in [-0.2, 0) is 19.1 Å². The summed E-state index contributed by atoms with van der Waals surface area (Å²) in [7, 11) is 4.14. The molecular formula is C23H23FN2O6. The van der Waals surface area contributed by atoms with Crippen LogP contribution in [0.15, 0.2) is 53.7 Å². The van der Waals surface area contributed by atoms with Crippen LogP contribution in [0, 0.1) is 11.7 Å². The molecule has 1 aliphatic heterocycles. The van der Waals surface area contributed by atoms with Gasteiger partial charge in [0.05, 0.1) is 38.5 Å². The number of hydrogen-bond acceptors (Lipinski definition) is 6. The van der Waals surface area contributed by atoms with Crippen LogP contribution < -0.4 is 19.7 Å². The molecule has 9 heteroatoms. The number of benzene rings is 2. The number of halogens is 1. The molecule has 8 nitrogen and oxygen atoms in total. The van der Waals surface area contributed by atoms with Gasteiger partial charge in [0.1, 0.15) is 17.3 Å². The zero-order chi connectivity index (χ0) is 23.4. The molecule has 1 heterocycles. The van der Waals surface area contributed by atoms with Crippen molar-refractivity contribution >= 4 is 29.2 Å². The van der Waals surface area contributed by atoms with Gasteiger partial charge in [-0.15, -0.1) is 0 Å². The summed E-state index contributed by atoms with van der Waals surface area (Å²) in [5, 5.41) is 2.71. The average molecular weight is 442 g/mol. The SMILES string of the molecule is COC(=O)C1=C(C)N(c2ccc(F)cc2)C(=O)C[C@H]1C(=O)Nc1ccc(OC)cc1OC. The number of rotatable bonds is 6. The average Bonchev–Trinajstić information content (AvgIpc) is 2.79. The smallest absolute Gasteiger partial charge is 0.336 e. The fourth-order valence-electron chi connectivity index (χ4n) is 3.60. The first-order chi connectivity index (χ1) is 15.3. The Labute approximate surface area is 184 Å². The second-order valence-electron chi connectivity index (χ2n) is 7.01. The standard InChI is InChI=1S/C23H23FN2O6/c1-13-21(23(29)32-4)17(12-20(27)26(13)15-7-5-14(24)6-8-15)22(28)25-18-10-9-16(30-2)11-19(18)31-3/h5-11,17H,12H2,1-4H3,(H,25,28)/t17-/m1/s1. The molecule has 0 spiro atoms. The van der Waals surface area contributed by atoms with Crippen LogP contribution in [-0.4, -0.2) is 39.1 Å². The minimum atomic E-state index is -1.08. The van der Waals surface area contributed by atoms with Crippen LogP contribution in [0.1, 0.15) is 13.3 Å². The van der Waals surface area contributed by atoms with Gasteiger partial charge in [0.15, 0.2) is 0 Å². The first kappa shape index (κ1) is 22.8. The Balaban J connectivity index is 1.99. The Morgan fingerprint density at radius 2 is 1.75 bits per heavy atom. The Bertz CT molecular complexity index is 1080. The fraction of sp³-hybridized carbons (Fsp3) is 0.261. The molecule has 0 saturated carbocycles. The van der Waals surface area contributed by atoms with E-state index in [9.17, 15) is 18.8 Å². The molecule has 1 N–H and O–H groups in total. The molecule has 0 aliphatic carbocycles. The lowest BCUT2D eigenvalue weighted by molar-refractivity contribution is -0.138. The number of ether oxygens (including phenoxy) is 3. The number of allylic oxidation sites excluding steroid dienone is 1. The highest BCUT2D eigenvalue weighted by Crippen LogP contribution is 2.35. The van der Waals surface area contributed by atoms with Crippen molar-refractivity contribution in [3.8, 4) is 11.5 Å². The highest BCUT2D eigenvalue weighted by molar-refractivity contribution is 6.10. The summed E-state index contributed by atoms with van der Waals surface area (Å²) in [6, 6.07) is 10.1. The predicted molar refractivity (Wildman–Crippen MR) is 115 cm³/mol. The molecule has 0 fully saturated rings. The third-order valence-corrected chi connectivity index (χ3v) is 5.17. The summed E-state index contributed by atoms with van der Waals surface area (Å²) in [6.07, 6.45) is -0.274. The van der Waals surface area contributed by atoms with Crippen LogP contribution >= 0.6 is 0 Å². The van der Waals surface area contributed by atoms with Gasteiger partial charge in [0.25, 0.3) is 0 Å². The summed E-state index contributed by atoms with van der Waals surface area (Å²) in [4.78, 5) is 40.0. The maximum atomic E-state index is 13.3. The number of hydrogen-bond donors (Lipinski definition) is 1. The molecule has 2 aromatic carbocycles. The van der Waals surface area contributed by atoms with E-state index in [1.165, 1.54) is 50.5 Å². The molecule has 1 aliphatic rings. The number of anilines is 2. The normalized spacial score (nSPS) is 16.0. The zero-order valence-corrected chi connectivity index (χ0v) is 18.1. The second kappa shape index (κ2) is 9.51. The highest BCUT2D eigenvalue weighted by atomic mass is 19.1. The van der Waals surface area contributed by atoms with Gasteiger partial charge < -0.3 is 19.5 Å². The number of nitrogens with one attached hydrogen (secondary N) is 1. The fourth-order valence-corrected chi connectivity index (χ4v) is 3.60. The van der Waals surface area contributed by atoms with E-state index in [2.05, 4.69) is 5.32 Å². The third kappa shape index (κ3) is 4.41. The minimum Gasteiger partial charge on any atom is -0.497 e. The Hall–Kier alpha value is -3.88. The molecule has 0 unspecified atom stereocenters. The highest BCUT2D eigenvalue weighted by Gasteiger charge is 2.40. The maximum Gasteiger partial charge on any atom is 0.336 e. The molecule has 2 aromatic rings. The second-order valence-corrected chi connectivity index (χ2v) is 7.01. The quantitative estimate of drug-likeness (QED) is 0.690. The Morgan fingerprint density at radius 1 is 1.06 bits per heavy atom. The number of methoxy groups -OCH3 is 3. The lowest BCUT2D eigenvalue weighted by atomic mass is 9.88. The summed E-state index contributed by atoms with van der Waals surface area (Å²) in [6.45, 7) is 1.54. The predicted octanol–water partition coefficient (Wildman–Crippen LogP) is 3.28. The molecule has 32 heavy (non-hydrogen) atoms. The first-order valence-electron chi connectivity index (χ1n) is 9.71. The van der Waals surface area contributed by atoms with Crippen LogP contribution in [0.2, 0.25) is 0 Å². The lowest BCUT2D eigenvalue weighted by Gasteiger charge is -2.33. The molecule has 2 amide bonds. The van der Waals surface area contributed by atoms with Crippen LogP contribution in [0.3, 0.4) is 0 Å². The van der Waals surface area contributed by atoms with E-state index in [-0.39, 0.29) is 17.7 Å². The lowest BCUT2D eigenvalue weighted by Crippen LogP contribution is -2.43. The summed E-state index contributed by atoms with van der Waals surface area (Å²) in [5.74, 6) is -2.37. The summed E-state index contributed by atoms with van der Waals surface area (Å²) in [5.41, 5.74) is 1.02. The molecule has 168 valence electrons. The van der Waals surface area contributed by atoms with Gasteiger partial charge in [-0.25, -0.2) is 9.18 Å². The maximum absolute atomic E-state index is 13.3. The van der Waals surface area contributed by atoms with Gasteiger partial charge >= 0.3 is 5.97 Å². The van der Waals surface area contributed by atoms with Crippen molar-refractivity contribution in [2.75, 3.05) is 31.5 Å². The van der Waals surface area contributed by atoms with Gasteiger partial charge in [-0.3, -0.25) is 14.5 Å². The number of nitrogens with zero attached hydrogens (tertiary/aromatic N) is 1. The Morgan fingerprint density at radius 3 is 2.34 bits per heavy atom. The van der Waals surface area contributed by atoms with E-state index in [0.717, 1.165) is 0 Å². The molecule has 0 aromatic heterocycles.